The largest absolute Gasteiger partial charge is 0.309 e. The Bertz CT molecular complexity index is 88.1. The molecule has 0 amide bonds. The Morgan fingerprint density at radius 1 is 1.86 bits per heavy atom. The second-order valence-corrected chi connectivity index (χ2v) is 1.61. The minimum absolute atomic E-state index is 0.194. The molecule has 0 saturated heterocycles. The highest BCUT2D eigenvalue weighted by Crippen LogP contribution is 1.88. The first-order chi connectivity index (χ1) is 3.18. The van der Waals surface area contributed by atoms with Crippen molar-refractivity contribution >= 4 is 12.0 Å². The maximum absolute atomic E-state index is 9.81. The van der Waals surface area contributed by atoms with E-state index < -0.39 is 0 Å². The summed E-state index contributed by atoms with van der Waals surface area (Å²) in [4.78, 5) is 9.81. The highest BCUT2D eigenvalue weighted by Gasteiger charge is 1.97. The van der Waals surface area contributed by atoms with E-state index >= 15 is 0 Å². The van der Waals surface area contributed by atoms with E-state index in [1.165, 1.54) is 0 Å². The molecule has 0 radical (unpaired) electrons. The van der Waals surface area contributed by atoms with Crippen LogP contribution in [0.5, 0.6) is 0 Å². The predicted octanol–water partition coefficient (Wildman–Crippen LogP) is 0.861. The number of hydrogen-bond donors (Lipinski definition) is 1. The molecule has 0 aliphatic heterocycles. The van der Waals surface area contributed by atoms with Crippen LogP contribution in [0.3, 0.4) is 0 Å². The number of rotatable bonds is 2. The molecular formula is C5H9NO. The molecule has 0 aromatic heterocycles. The molecule has 0 aromatic rings. The molecule has 0 spiro atoms. The number of nitrogens with one attached hydrogen (secondary N) is 1. The van der Waals surface area contributed by atoms with Crippen LogP contribution in [0.25, 0.3) is 0 Å². The summed E-state index contributed by atoms with van der Waals surface area (Å²) in [7, 11) is 0. The van der Waals surface area contributed by atoms with E-state index in [1.807, 2.05) is 0 Å². The lowest BCUT2D eigenvalue weighted by Crippen LogP contribution is -2.05. The number of carbonyl (C=O) groups is 1. The first-order valence-electron chi connectivity index (χ1n) is 2.19. The third-order valence-electron chi connectivity index (χ3n) is 0.887. The van der Waals surface area contributed by atoms with Crippen LogP contribution in [0, 0.1) is 11.3 Å². The van der Waals surface area contributed by atoms with Crippen molar-refractivity contribution in [1.82, 2.24) is 0 Å². The van der Waals surface area contributed by atoms with Crippen LogP contribution in [-0.4, -0.2) is 12.0 Å². The topological polar surface area (TPSA) is 40.9 Å². The number of carbonyl (C=O) groups excluding carboxylic acids is 1. The molecule has 7 heavy (non-hydrogen) atoms. The van der Waals surface area contributed by atoms with Gasteiger partial charge in [0.25, 0.3) is 0 Å². The molecule has 1 unspecified atom stereocenters. The molecule has 1 atom stereocenters. The van der Waals surface area contributed by atoms with Crippen molar-refractivity contribution in [2.75, 3.05) is 0 Å². The maximum Gasteiger partial charge on any atom is 0.128 e. The van der Waals surface area contributed by atoms with Gasteiger partial charge in [-0.2, -0.15) is 0 Å². The van der Waals surface area contributed by atoms with Gasteiger partial charge in [-0.3, -0.25) is 0 Å². The minimum Gasteiger partial charge on any atom is -0.309 e. The Hall–Kier alpha value is -0.660. The Balaban J connectivity index is 3.55. The molecule has 0 bridgehead atoms. The summed E-state index contributed by atoms with van der Waals surface area (Å²) in [5, 5.41) is 6.87. The van der Waals surface area contributed by atoms with Crippen LogP contribution in [0.4, 0.5) is 0 Å². The van der Waals surface area contributed by atoms with Crippen molar-refractivity contribution in [3.05, 3.63) is 0 Å². The fourth-order valence-corrected chi connectivity index (χ4v) is 0.102. The molecule has 2 heteroatoms. The monoisotopic (exact) mass is 99.1 g/mol. The lowest BCUT2D eigenvalue weighted by atomic mass is 10.1. The number of hydrogen-bond acceptors (Lipinski definition) is 2. The molecule has 0 fully saturated rings. The van der Waals surface area contributed by atoms with Crippen molar-refractivity contribution in [2.24, 2.45) is 5.92 Å². The molecule has 0 aliphatic carbocycles. The molecule has 2 nitrogen and oxygen atoms in total. The second-order valence-electron chi connectivity index (χ2n) is 1.61. The third-order valence-corrected chi connectivity index (χ3v) is 0.887. The molecule has 0 saturated carbocycles. The number of aldehydes is 1. The van der Waals surface area contributed by atoms with Crippen molar-refractivity contribution in [3.8, 4) is 0 Å². The van der Waals surface area contributed by atoms with Gasteiger partial charge in [-0.25, -0.2) is 0 Å². The molecule has 40 valence electrons. The van der Waals surface area contributed by atoms with Crippen molar-refractivity contribution in [3.63, 3.8) is 0 Å². The van der Waals surface area contributed by atoms with Gasteiger partial charge in [0, 0.05) is 11.6 Å². The van der Waals surface area contributed by atoms with Crippen LogP contribution in [0.2, 0.25) is 0 Å². The molecule has 0 aromatic carbocycles. The fourth-order valence-electron chi connectivity index (χ4n) is 0.102. The molecule has 0 heterocycles. The zero-order chi connectivity index (χ0) is 5.86. The van der Waals surface area contributed by atoms with E-state index in [-0.39, 0.29) is 5.92 Å². The van der Waals surface area contributed by atoms with E-state index in [2.05, 4.69) is 0 Å². The first-order valence-corrected chi connectivity index (χ1v) is 2.19. The minimum atomic E-state index is -0.194. The van der Waals surface area contributed by atoms with Gasteiger partial charge in [0.2, 0.25) is 0 Å². The quantitative estimate of drug-likeness (QED) is 0.405. The van der Waals surface area contributed by atoms with Gasteiger partial charge >= 0.3 is 0 Å². The van der Waals surface area contributed by atoms with Gasteiger partial charge in [0.05, 0.1) is 0 Å². The lowest BCUT2D eigenvalue weighted by molar-refractivity contribution is -0.109. The van der Waals surface area contributed by atoms with Gasteiger partial charge in [0.15, 0.2) is 0 Å². The Labute approximate surface area is 43.0 Å². The average Bonchev–Trinajstić information content (AvgIpc) is 1.65. The summed E-state index contributed by atoms with van der Waals surface area (Å²) in [6.45, 7) is 3.33. The Morgan fingerprint density at radius 3 is 2.29 bits per heavy atom. The van der Waals surface area contributed by atoms with E-state index in [4.69, 9.17) is 5.41 Å². The van der Waals surface area contributed by atoms with Gasteiger partial charge < -0.3 is 10.2 Å². The summed E-state index contributed by atoms with van der Waals surface area (Å²) >= 11 is 0. The molecule has 0 aliphatic rings. The van der Waals surface area contributed by atoms with E-state index in [0.717, 1.165) is 6.29 Å². The van der Waals surface area contributed by atoms with E-state index in [0.29, 0.717) is 5.71 Å². The van der Waals surface area contributed by atoms with Gasteiger partial charge in [-0.1, -0.05) is 6.92 Å². The van der Waals surface area contributed by atoms with Crippen LogP contribution >= 0.6 is 0 Å². The van der Waals surface area contributed by atoms with Crippen LogP contribution in [0.1, 0.15) is 13.8 Å². The predicted molar refractivity (Wildman–Crippen MR) is 28.6 cm³/mol. The van der Waals surface area contributed by atoms with Gasteiger partial charge in [-0.05, 0) is 6.92 Å². The van der Waals surface area contributed by atoms with Crippen LogP contribution in [0.15, 0.2) is 0 Å². The van der Waals surface area contributed by atoms with Crippen molar-refractivity contribution < 1.29 is 4.79 Å². The third kappa shape index (κ3) is 2.09. The standard InChI is InChI=1S/C5H9NO/c1-4(3-7)5(2)6/h3-4,6H,1-2H3. The lowest BCUT2D eigenvalue weighted by Gasteiger charge is -1.94. The first kappa shape index (κ1) is 6.34. The van der Waals surface area contributed by atoms with Crippen molar-refractivity contribution in [2.45, 2.75) is 13.8 Å². The molecule has 0 rings (SSSR count). The smallest absolute Gasteiger partial charge is 0.128 e. The summed E-state index contributed by atoms with van der Waals surface area (Å²) in [5.74, 6) is -0.194. The molecule has 1 N–H and O–H groups in total. The summed E-state index contributed by atoms with van der Waals surface area (Å²) in [6.07, 6.45) is 0.766. The second kappa shape index (κ2) is 2.50. The fraction of sp³-hybridized carbons (Fsp3) is 0.600. The van der Waals surface area contributed by atoms with E-state index in [1.54, 1.807) is 13.8 Å². The van der Waals surface area contributed by atoms with Gasteiger partial charge in [-0.15, -0.1) is 0 Å². The SMILES string of the molecule is CC(=N)C(C)C=O. The summed E-state index contributed by atoms with van der Waals surface area (Å²) < 4.78 is 0. The Kier molecular flexibility index (Phi) is 2.27. The van der Waals surface area contributed by atoms with E-state index in [9.17, 15) is 4.79 Å². The zero-order valence-electron chi connectivity index (χ0n) is 4.56. The van der Waals surface area contributed by atoms with Crippen LogP contribution in [-0.2, 0) is 4.79 Å². The molecular weight excluding hydrogens is 90.1 g/mol. The normalized spacial score (nSPS) is 12.9. The Morgan fingerprint density at radius 2 is 2.29 bits per heavy atom. The summed E-state index contributed by atoms with van der Waals surface area (Å²) in [5.41, 5.74) is 0.426. The highest BCUT2D eigenvalue weighted by molar-refractivity contribution is 5.92. The average molecular weight is 99.1 g/mol. The summed E-state index contributed by atoms with van der Waals surface area (Å²) in [6, 6.07) is 0. The highest BCUT2D eigenvalue weighted by atomic mass is 16.1. The van der Waals surface area contributed by atoms with Crippen LogP contribution < -0.4 is 0 Å². The van der Waals surface area contributed by atoms with Gasteiger partial charge in [0.1, 0.15) is 6.29 Å². The van der Waals surface area contributed by atoms with Crippen molar-refractivity contribution in [1.29, 1.82) is 5.41 Å². The maximum atomic E-state index is 9.81. The zero-order valence-corrected chi connectivity index (χ0v) is 4.56.